The molecule has 2 atom stereocenters. The molecule has 0 unspecified atom stereocenters. The van der Waals surface area contributed by atoms with E-state index in [4.69, 9.17) is 17.3 Å². The molecule has 29 heavy (non-hydrogen) atoms. The molecule has 3 aliphatic rings. The van der Waals surface area contributed by atoms with Crippen LogP contribution in [-0.2, 0) is 16.1 Å². The summed E-state index contributed by atoms with van der Waals surface area (Å²) >= 11 is 6.12. The van der Waals surface area contributed by atoms with Crippen molar-refractivity contribution in [2.24, 2.45) is 11.1 Å². The summed E-state index contributed by atoms with van der Waals surface area (Å²) in [5, 5.41) is 23.9. The van der Waals surface area contributed by atoms with E-state index in [0.29, 0.717) is 17.1 Å². The number of aromatic nitrogens is 4. The van der Waals surface area contributed by atoms with Gasteiger partial charge in [0.05, 0.1) is 17.8 Å². The zero-order chi connectivity index (χ0) is 20.4. The minimum Gasteiger partial charge on any atom is -0.394 e. The zero-order valence-corrected chi connectivity index (χ0v) is 16.2. The van der Waals surface area contributed by atoms with E-state index < -0.39 is 18.7 Å². The summed E-state index contributed by atoms with van der Waals surface area (Å²) in [5.41, 5.74) is 7.06. The van der Waals surface area contributed by atoms with Gasteiger partial charge in [0.1, 0.15) is 18.4 Å². The number of nitrogens with two attached hydrogens (primary N) is 1. The van der Waals surface area contributed by atoms with Gasteiger partial charge in [0, 0.05) is 17.0 Å². The number of likely N-dealkylation sites (tertiary alicyclic amines) is 1. The molecular formula is C18H20ClN7O3. The summed E-state index contributed by atoms with van der Waals surface area (Å²) in [5.74, 6) is -0.599. The lowest BCUT2D eigenvalue weighted by atomic mass is 9.99. The van der Waals surface area contributed by atoms with Crippen LogP contribution in [0, 0.1) is 5.41 Å². The van der Waals surface area contributed by atoms with Crippen LogP contribution in [0.25, 0.3) is 5.69 Å². The minimum absolute atomic E-state index is 0.0768. The number of rotatable bonds is 6. The maximum Gasteiger partial charge on any atom is 0.243 e. The second-order valence-corrected chi connectivity index (χ2v) is 8.56. The van der Waals surface area contributed by atoms with Crippen molar-refractivity contribution >= 4 is 23.4 Å². The van der Waals surface area contributed by atoms with Crippen LogP contribution in [0.4, 0.5) is 0 Å². The number of hydrogen-bond acceptors (Lipinski definition) is 7. The third-order valence-electron chi connectivity index (χ3n) is 6.50. The Morgan fingerprint density at radius 1 is 1.41 bits per heavy atom. The van der Waals surface area contributed by atoms with Crippen molar-refractivity contribution in [3.63, 3.8) is 0 Å². The van der Waals surface area contributed by atoms with Crippen molar-refractivity contribution in [3.8, 4) is 5.69 Å². The molecule has 4 N–H and O–H groups in total. The smallest absolute Gasteiger partial charge is 0.243 e. The van der Waals surface area contributed by atoms with E-state index in [-0.39, 0.29) is 29.3 Å². The molecule has 0 spiro atoms. The summed E-state index contributed by atoms with van der Waals surface area (Å²) < 4.78 is 1.49. The van der Waals surface area contributed by atoms with E-state index in [1.165, 1.54) is 11.0 Å². The Kier molecular flexibility index (Phi) is 3.96. The van der Waals surface area contributed by atoms with Crippen molar-refractivity contribution in [2.45, 2.75) is 43.4 Å². The van der Waals surface area contributed by atoms with E-state index in [9.17, 15) is 14.7 Å². The van der Waals surface area contributed by atoms with Gasteiger partial charge in [0.25, 0.3) is 0 Å². The Bertz CT molecular complexity index is 989. The fourth-order valence-corrected chi connectivity index (χ4v) is 5.02. The van der Waals surface area contributed by atoms with Gasteiger partial charge in [-0.15, -0.1) is 5.10 Å². The Morgan fingerprint density at radius 2 is 2.21 bits per heavy atom. The van der Waals surface area contributed by atoms with Crippen molar-refractivity contribution in [2.75, 3.05) is 6.61 Å². The number of carbonyl (C=O) groups excluding carboxylic acids is 2. The molecule has 11 heteroatoms. The van der Waals surface area contributed by atoms with E-state index in [1.807, 2.05) is 0 Å². The van der Waals surface area contributed by atoms with E-state index in [1.54, 1.807) is 23.1 Å². The number of amides is 2. The van der Waals surface area contributed by atoms with Crippen LogP contribution in [0.15, 0.2) is 24.5 Å². The number of aliphatic hydroxyl groups is 1. The molecule has 2 amide bonds. The number of nitrogens with zero attached hydrogens (tertiary/aromatic N) is 5. The van der Waals surface area contributed by atoms with E-state index in [0.717, 1.165) is 18.4 Å². The van der Waals surface area contributed by atoms with Gasteiger partial charge in [0.15, 0.2) is 0 Å². The third kappa shape index (κ3) is 2.66. The van der Waals surface area contributed by atoms with Gasteiger partial charge >= 0.3 is 0 Å². The highest BCUT2D eigenvalue weighted by molar-refractivity contribution is 6.30. The quantitative estimate of drug-likeness (QED) is 0.569. The number of carbonyl (C=O) groups is 2. The number of aliphatic hydroxyl groups excluding tert-OH is 1. The lowest BCUT2D eigenvalue weighted by Gasteiger charge is -2.34. The first-order chi connectivity index (χ1) is 13.9. The standard InChI is InChI=1S/C18H20ClN7O3/c19-11-1-2-13(25-9-22-23-24-25)10(3-11)5-21-15(28)14-4-17-7-18(17,8-17)26(14)16(29)12(20)6-27/h1-3,9,12,14,27H,4-8,20H2,(H,21,28)/t12-,14+,17?,18?/m1/s1. The summed E-state index contributed by atoms with van der Waals surface area (Å²) in [6.07, 6.45) is 3.94. The van der Waals surface area contributed by atoms with Crippen LogP contribution < -0.4 is 11.1 Å². The number of piperidine rings is 2. The number of halogens is 1. The van der Waals surface area contributed by atoms with Gasteiger partial charge in [-0.3, -0.25) is 9.59 Å². The third-order valence-corrected chi connectivity index (χ3v) is 6.74. The fourth-order valence-electron chi connectivity index (χ4n) is 4.82. The monoisotopic (exact) mass is 417 g/mol. The molecule has 10 nitrogen and oxygen atoms in total. The van der Waals surface area contributed by atoms with Gasteiger partial charge in [-0.2, -0.15) is 0 Å². The number of hydrogen-bond donors (Lipinski definition) is 3. The van der Waals surface area contributed by atoms with Crippen LogP contribution in [0.3, 0.4) is 0 Å². The van der Waals surface area contributed by atoms with Crippen LogP contribution in [-0.4, -0.2) is 66.3 Å². The van der Waals surface area contributed by atoms with Gasteiger partial charge in [-0.05, 0) is 53.5 Å². The number of nitrogens with one attached hydrogen (secondary N) is 1. The van der Waals surface area contributed by atoms with Gasteiger partial charge in [-0.1, -0.05) is 11.6 Å². The lowest BCUT2D eigenvalue weighted by molar-refractivity contribution is -0.144. The van der Waals surface area contributed by atoms with Gasteiger partial charge in [0.2, 0.25) is 11.8 Å². The first kappa shape index (κ1) is 18.5. The molecular weight excluding hydrogens is 398 g/mol. The molecule has 1 aromatic heterocycles. The largest absolute Gasteiger partial charge is 0.394 e. The van der Waals surface area contributed by atoms with Crippen LogP contribution >= 0.6 is 11.6 Å². The predicted octanol–water partition coefficient (Wildman–Crippen LogP) is -0.615. The minimum atomic E-state index is -1.00. The second-order valence-electron chi connectivity index (χ2n) is 8.13. The summed E-state index contributed by atoms with van der Waals surface area (Å²) in [7, 11) is 0. The van der Waals surface area contributed by atoms with Gasteiger partial charge in [-0.25, -0.2) is 4.68 Å². The van der Waals surface area contributed by atoms with Crippen molar-refractivity contribution in [1.82, 2.24) is 30.4 Å². The maximum absolute atomic E-state index is 13.0. The Hall–Kier alpha value is -2.56. The summed E-state index contributed by atoms with van der Waals surface area (Å²) in [4.78, 5) is 27.3. The highest BCUT2D eigenvalue weighted by atomic mass is 35.5. The Balaban J connectivity index is 1.33. The first-order valence-electron chi connectivity index (χ1n) is 9.40. The topological polar surface area (TPSA) is 139 Å². The Labute approximate surface area is 171 Å². The maximum atomic E-state index is 13.0. The normalized spacial score (nSPS) is 29.8. The number of tetrazole rings is 1. The summed E-state index contributed by atoms with van der Waals surface area (Å²) in [6.45, 7) is -0.232. The Morgan fingerprint density at radius 3 is 2.90 bits per heavy atom. The molecule has 152 valence electrons. The lowest BCUT2D eigenvalue weighted by Crippen LogP contribution is -2.56. The second kappa shape index (κ2) is 6.22. The average Bonchev–Trinajstić information content (AvgIpc) is 3.27. The van der Waals surface area contributed by atoms with E-state index in [2.05, 4.69) is 20.8 Å². The molecule has 1 saturated heterocycles. The van der Waals surface area contributed by atoms with Crippen molar-refractivity contribution in [3.05, 3.63) is 35.1 Å². The first-order valence-corrected chi connectivity index (χ1v) is 9.78. The molecule has 1 aliphatic heterocycles. The average molecular weight is 418 g/mol. The fraction of sp³-hybridized carbons (Fsp3) is 0.500. The molecule has 5 rings (SSSR count). The molecule has 2 saturated carbocycles. The summed E-state index contributed by atoms with van der Waals surface area (Å²) in [6, 6.07) is 3.66. The molecule has 3 fully saturated rings. The molecule has 2 aliphatic carbocycles. The molecule has 0 radical (unpaired) electrons. The predicted molar refractivity (Wildman–Crippen MR) is 101 cm³/mol. The van der Waals surface area contributed by atoms with E-state index >= 15 is 0 Å². The highest BCUT2D eigenvalue weighted by Gasteiger charge is 2.91. The molecule has 2 aromatic rings. The molecule has 1 aromatic carbocycles. The SMILES string of the molecule is N[C@H](CO)C(=O)N1[C@H](C(=O)NCc2cc(Cl)ccc2-n2cnnn2)CC23CC12C3. The zero-order valence-electron chi connectivity index (χ0n) is 15.5. The van der Waals surface area contributed by atoms with Gasteiger partial charge < -0.3 is 21.1 Å². The number of benzene rings is 1. The van der Waals surface area contributed by atoms with Crippen LogP contribution in [0.2, 0.25) is 5.02 Å². The van der Waals surface area contributed by atoms with Crippen molar-refractivity contribution < 1.29 is 14.7 Å². The van der Waals surface area contributed by atoms with Crippen molar-refractivity contribution in [1.29, 1.82) is 0 Å². The molecule has 2 heterocycles. The van der Waals surface area contributed by atoms with Crippen LogP contribution in [0.1, 0.15) is 24.8 Å². The van der Waals surface area contributed by atoms with Crippen LogP contribution in [0.5, 0.6) is 0 Å². The molecule has 0 bridgehead atoms. The highest BCUT2D eigenvalue weighted by Crippen LogP contribution is 2.87.